The third-order valence-corrected chi connectivity index (χ3v) is 4.56. The predicted molar refractivity (Wildman–Crippen MR) is 79.1 cm³/mol. The number of ether oxygens (including phenoxy) is 2. The van der Waals surface area contributed by atoms with Gasteiger partial charge in [0.05, 0.1) is 36.9 Å². The highest BCUT2D eigenvalue weighted by Crippen LogP contribution is 2.36. The normalized spacial score (nSPS) is 20.0. The van der Waals surface area contributed by atoms with Crippen molar-refractivity contribution in [2.45, 2.75) is 31.0 Å². The van der Waals surface area contributed by atoms with Crippen LogP contribution in [0.4, 0.5) is 19.0 Å². The molecule has 1 N–H and O–H groups in total. The maximum Gasteiger partial charge on any atom is 0.391 e. The van der Waals surface area contributed by atoms with Gasteiger partial charge in [0, 0.05) is 13.1 Å². The molecule has 0 atom stereocenters. The summed E-state index contributed by atoms with van der Waals surface area (Å²) in [5.74, 6) is 1.15. The minimum atomic E-state index is -4.19. The van der Waals surface area contributed by atoms with E-state index in [0.717, 1.165) is 31.4 Å². The highest BCUT2D eigenvalue weighted by atomic mass is 32.1. The molecule has 0 radical (unpaired) electrons. The van der Waals surface area contributed by atoms with Gasteiger partial charge in [-0.3, -0.25) is 0 Å². The van der Waals surface area contributed by atoms with E-state index in [2.05, 4.69) is 19.0 Å². The molecule has 1 aromatic heterocycles. The molecule has 2 saturated heterocycles. The molecule has 3 rings (SSSR count). The number of aromatic nitrogens is 2. The predicted octanol–water partition coefficient (Wildman–Crippen LogP) is 1.83. The Bertz CT molecular complexity index is 512. The first-order valence-corrected chi connectivity index (χ1v) is 8.30. The molecule has 3 heterocycles. The standard InChI is InChI=1S/C13H19F3N4O2S/c14-13(15,16)3-5-21-6-7-22-11-10(18-23-19-11)20-8-12(9-20)2-1-4-17-12/h17H,1-9H2. The average Bonchev–Trinajstić information content (AvgIpc) is 3.08. The fraction of sp³-hybridized carbons (Fsp3) is 0.846. The number of hydrogen-bond acceptors (Lipinski definition) is 7. The van der Waals surface area contributed by atoms with E-state index in [4.69, 9.17) is 9.47 Å². The molecule has 0 bridgehead atoms. The molecular weight excluding hydrogens is 333 g/mol. The Balaban J connectivity index is 1.38. The average molecular weight is 352 g/mol. The van der Waals surface area contributed by atoms with Crippen LogP contribution in [0, 0.1) is 0 Å². The molecule has 2 fully saturated rings. The van der Waals surface area contributed by atoms with Gasteiger partial charge in [-0.05, 0) is 19.4 Å². The van der Waals surface area contributed by atoms with Crippen molar-refractivity contribution in [3.05, 3.63) is 0 Å². The minimum absolute atomic E-state index is 0.0958. The molecule has 130 valence electrons. The number of rotatable bonds is 7. The Hall–Kier alpha value is -1.13. The summed E-state index contributed by atoms with van der Waals surface area (Å²) in [7, 11) is 0. The summed E-state index contributed by atoms with van der Waals surface area (Å²) in [6, 6.07) is 0. The molecule has 0 aliphatic carbocycles. The van der Waals surface area contributed by atoms with E-state index in [1.54, 1.807) is 0 Å². The van der Waals surface area contributed by atoms with E-state index in [1.165, 1.54) is 12.8 Å². The van der Waals surface area contributed by atoms with Crippen LogP contribution in [0.25, 0.3) is 0 Å². The van der Waals surface area contributed by atoms with Crippen molar-refractivity contribution in [3.63, 3.8) is 0 Å². The van der Waals surface area contributed by atoms with Crippen LogP contribution in [0.5, 0.6) is 5.88 Å². The van der Waals surface area contributed by atoms with Gasteiger partial charge in [-0.2, -0.15) is 17.5 Å². The van der Waals surface area contributed by atoms with Gasteiger partial charge in [-0.15, -0.1) is 4.37 Å². The van der Waals surface area contributed by atoms with Crippen LogP contribution in [0.15, 0.2) is 0 Å². The van der Waals surface area contributed by atoms with Gasteiger partial charge in [-0.1, -0.05) is 0 Å². The van der Waals surface area contributed by atoms with Crippen molar-refractivity contribution < 1.29 is 22.6 Å². The number of nitrogens with one attached hydrogen (secondary N) is 1. The molecule has 10 heteroatoms. The first kappa shape index (κ1) is 16.7. The van der Waals surface area contributed by atoms with Gasteiger partial charge in [0.2, 0.25) is 5.82 Å². The summed E-state index contributed by atoms with van der Waals surface area (Å²) in [5, 5.41) is 3.52. The fourth-order valence-electron chi connectivity index (χ4n) is 2.92. The summed E-state index contributed by atoms with van der Waals surface area (Å²) in [5.41, 5.74) is 0.210. The Morgan fingerprint density at radius 1 is 1.22 bits per heavy atom. The molecule has 6 nitrogen and oxygen atoms in total. The molecular formula is C13H19F3N4O2S. The zero-order chi connectivity index (χ0) is 16.3. The van der Waals surface area contributed by atoms with Crippen molar-refractivity contribution in [3.8, 4) is 5.88 Å². The highest BCUT2D eigenvalue weighted by molar-refractivity contribution is 6.99. The SMILES string of the molecule is FC(F)(F)CCOCCOc1nsnc1N1CC2(CCCN2)C1. The first-order chi connectivity index (χ1) is 11.0. The van der Waals surface area contributed by atoms with Gasteiger partial charge in [0.25, 0.3) is 5.88 Å². The minimum Gasteiger partial charge on any atom is -0.472 e. The first-order valence-electron chi connectivity index (χ1n) is 7.57. The summed E-state index contributed by atoms with van der Waals surface area (Å²) in [6.07, 6.45) is -2.76. The van der Waals surface area contributed by atoms with Crippen molar-refractivity contribution in [1.29, 1.82) is 0 Å². The summed E-state index contributed by atoms with van der Waals surface area (Å²) in [4.78, 5) is 2.11. The van der Waals surface area contributed by atoms with E-state index < -0.39 is 12.6 Å². The summed E-state index contributed by atoms with van der Waals surface area (Å²) >= 11 is 1.07. The zero-order valence-electron chi connectivity index (χ0n) is 12.6. The van der Waals surface area contributed by atoms with Gasteiger partial charge >= 0.3 is 6.18 Å². The lowest BCUT2D eigenvalue weighted by atomic mass is 9.88. The van der Waals surface area contributed by atoms with Crippen molar-refractivity contribution in [1.82, 2.24) is 14.1 Å². The second-order valence-corrected chi connectivity index (χ2v) is 6.41. The number of anilines is 1. The maximum atomic E-state index is 12.0. The van der Waals surface area contributed by atoms with E-state index in [-0.39, 0.29) is 25.4 Å². The van der Waals surface area contributed by atoms with Crippen LogP contribution in [0.1, 0.15) is 19.3 Å². The van der Waals surface area contributed by atoms with E-state index >= 15 is 0 Å². The number of halogens is 3. The Morgan fingerprint density at radius 2 is 2.04 bits per heavy atom. The van der Waals surface area contributed by atoms with Crippen molar-refractivity contribution >= 4 is 17.5 Å². The second-order valence-electron chi connectivity index (χ2n) is 5.89. The van der Waals surface area contributed by atoms with Crippen LogP contribution < -0.4 is 15.0 Å². The number of alkyl halides is 3. The molecule has 1 spiro atoms. The van der Waals surface area contributed by atoms with Gasteiger partial charge < -0.3 is 19.7 Å². The molecule has 0 unspecified atom stereocenters. The Kier molecular flexibility index (Phi) is 4.93. The lowest BCUT2D eigenvalue weighted by Crippen LogP contribution is -2.67. The smallest absolute Gasteiger partial charge is 0.391 e. The van der Waals surface area contributed by atoms with E-state index in [1.807, 2.05) is 0 Å². The molecule has 0 amide bonds. The van der Waals surface area contributed by atoms with Crippen LogP contribution in [-0.2, 0) is 4.74 Å². The van der Waals surface area contributed by atoms with Crippen LogP contribution >= 0.6 is 11.7 Å². The van der Waals surface area contributed by atoms with Crippen LogP contribution in [0.3, 0.4) is 0 Å². The van der Waals surface area contributed by atoms with Crippen LogP contribution in [0.2, 0.25) is 0 Å². The molecule has 2 aliphatic heterocycles. The largest absolute Gasteiger partial charge is 0.472 e. The Labute approximate surface area is 136 Å². The quantitative estimate of drug-likeness (QED) is 0.756. The van der Waals surface area contributed by atoms with E-state index in [0.29, 0.717) is 11.7 Å². The zero-order valence-corrected chi connectivity index (χ0v) is 13.4. The number of nitrogens with zero attached hydrogens (tertiary/aromatic N) is 3. The third kappa shape index (κ3) is 4.24. The van der Waals surface area contributed by atoms with Crippen LogP contribution in [-0.4, -0.2) is 59.9 Å². The molecule has 23 heavy (non-hydrogen) atoms. The Morgan fingerprint density at radius 3 is 2.74 bits per heavy atom. The van der Waals surface area contributed by atoms with Gasteiger partial charge in [0.15, 0.2) is 0 Å². The molecule has 2 aliphatic rings. The van der Waals surface area contributed by atoms with Gasteiger partial charge in [-0.25, -0.2) is 0 Å². The highest BCUT2D eigenvalue weighted by Gasteiger charge is 2.46. The lowest BCUT2D eigenvalue weighted by molar-refractivity contribution is -0.145. The molecule has 0 saturated carbocycles. The van der Waals surface area contributed by atoms with Crippen molar-refractivity contribution in [2.24, 2.45) is 0 Å². The third-order valence-electron chi connectivity index (χ3n) is 4.06. The second kappa shape index (κ2) is 6.78. The van der Waals surface area contributed by atoms with Crippen molar-refractivity contribution in [2.75, 3.05) is 44.4 Å². The number of hydrogen-bond donors (Lipinski definition) is 1. The maximum absolute atomic E-state index is 12.0. The molecule has 0 aromatic carbocycles. The lowest BCUT2D eigenvalue weighted by Gasteiger charge is -2.48. The van der Waals surface area contributed by atoms with E-state index in [9.17, 15) is 13.2 Å². The topological polar surface area (TPSA) is 59.5 Å². The fourth-order valence-corrected chi connectivity index (χ4v) is 3.44. The van der Waals surface area contributed by atoms with Gasteiger partial charge in [0.1, 0.15) is 6.61 Å². The summed E-state index contributed by atoms with van der Waals surface area (Å²) in [6.45, 7) is 2.73. The summed E-state index contributed by atoms with van der Waals surface area (Å²) < 4.78 is 54.6. The monoisotopic (exact) mass is 352 g/mol. The molecule has 1 aromatic rings.